The molecule has 5 nitrogen and oxygen atoms in total. The number of fused-ring (bicyclic) bond motifs is 1. The molecule has 0 atom stereocenters. The highest BCUT2D eigenvalue weighted by atomic mass is 32.1. The summed E-state index contributed by atoms with van der Waals surface area (Å²) < 4.78 is 3.65. The molecule has 3 aromatic heterocycles. The van der Waals surface area contributed by atoms with Crippen LogP contribution in [0, 0.1) is 0 Å². The first-order valence-corrected chi connectivity index (χ1v) is 8.45. The Bertz CT molecular complexity index is 1030. The monoisotopic (exact) mass is 336 g/mol. The van der Waals surface area contributed by atoms with Crippen molar-refractivity contribution in [3.05, 3.63) is 59.7 Å². The minimum atomic E-state index is -0.163. The highest BCUT2D eigenvalue weighted by Gasteiger charge is 2.16. The lowest BCUT2D eigenvalue weighted by Crippen LogP contribution is -2.16. The van der Waals surface area contributed by atoms with Gasteiger partial charge >= 0.3 is 0 Å². The molecule has 6 heteroatoms. The maximum atomic E-state index is 12.7. The maximum absolute atomic E-state index is 12.7. The first-order chi connectivity index (χ1) is 11.6. The van der Waals surface area contributed by atoms with Crippen LogP contribution < -0.4 is 5.32 Å². The van der Waals surface area contributed by atoms with Crippen molar-refractivity contribution in [2.24, 2.45) is 14.1 Å². The van der Waals surface area contributed by atoms with Gasteiger partial charge in [0.25, 0.3) is 5.91 Å². The molecule has 24 heavy (non-hydrogen) atoms. The van der Waals surface area contributed by atoms with Crippen molar-refractivity contribution in [1.29, 1.82) is 0 Å². The average molecular weight is 336 g/mol. The molecule has 0 spiro atoms. The van der Waals surface area contributed by atoms with Crippen molar-refractivity contribution in [2.75, 3.05) is 5.32 Å². The number of amides is 1. The molecule has 0 unspecified atom stereocenters. The Hall–Kier alpha value is -2.86. The van der Waals surface area contributed by atoms with Gasteiger partial charge in [-0.2, -0.15) is 5.10 Å². The molecule has 0 aliphatic carbocycles. The lowest BCUT2D eigenvalue weighted by molar-refractivity contribution is 0.101. The first-order valence-electron chi connectivity index (χ1n) is 7.57. The number of carbonyl (C=O) groups excluding carboxylic acids is 1. The topological polar surface area (TPSA) is 51.9 Å². The van der Waals surface area contributed by atoms with Crippen LogP contribution in [0.4, 0.5) is 5.69 Å². The standard InChI is InChI=1S/C18H16N4OS/c1-21-9-8-12-13(5-3-6-15(12)21)19-18(23)16-11-14(20-22(16)2)17-7-4-10-24-17/h3-11H,1-2H3,(H,19,23). The number of aromatic nitrogens is 3. The first kappa shape index (κ1) is 14.7. The molecule has 4 rings (SSSR count). The largest absolute Gasteiger partial charge is 0.350 e. The third kappa shape index (κ3) is 2.41. The smallest absolute Gasteiger partial charge is 0.273 e. The predicted molar refractivity (Wildman–Crippen MR) is 97.4 cm³/mol. The highest BCUT2D eigenvalue weighted by molar-refractivity contribution is 7.13. The summed E-state index contributed by atoms with van der Waals surface area (Å²) in [6.45, 7) is 0. The zero-order chi connectivity index (χ0) is 16.7. The molecule has 0 fully saturated rings. The Labute approximate surface area is 143 Å². The number of aryl methyl sites for hydroxylation is 2. The third-order valence-corrected chi connectivity index (χ3v) is 4.95. The molecule has 1 N–H and O–H groups in total. The Morgan fingerprint density at radius 2 is 2.04 bits per heavy atom. The van der Waals surface area contributed by atoms with Gasteiger partial charge in [-0.15, -0.1) is 11.3 Å². The summed E-state index contributed by atoms with van der Waals surface area (Å²) in [5.74, 6) is -0.163. The van der Waals surface area contributed by atoms with E-state index in [1.54, 1.807) is 23.1 Å². The van der Waals surface area contributed by atoms with Crippen molar-refractivity contribution in [3.63, 3.8) is 0 Å². The molecule has 4 aromatic rings. The van der Waals surface area contributed by atoms with Crippen LogP contribution in [0.25, 0.3) is 21.5 Å². The molecule has 0 saturated heterocycles. The van der Waals surface area contributed by atoms with Crippen LogP contribution in [0.2, 0.25) is 0 Å². The summed E-state index contributed by atoms with van der Waals surface area (Å²) in [7, 11) is 3.78. The fourth-order valence-electron chi connectivity index (χ4n) is 2.82. The maximum Gasteiger partial charge on any atom is 0.273 e. The van der Waals surface area contributed by atoms with Gasteiger partial charge in [-0.3, -0.25) is 9.48 Å². The van der Waals surface area contributed by atoms with E-state index in [4.69, 9.17) is 0 Å². The van der Waals surface area contributed by atoms with Crippen molar-refractivity contribution in [1.82, 2.24) is 14.3 Å². The van der Waals surface area contributed by atoms with E-state index in [0.717, 1.165) is 27.2 Å². The van der Waals surface area contributed by atoms with Crippen molar-refractivity contribution >= 4 is 33.8 Å². The molecular weight excluding hydrogens is 320 g/mol. The molecule has 0 saturated carbocycles. The molecule has 0 aliphatic rings. The molecular formula is C18H16N4OS. The Balaban J connectivity index is 1.67. The van der Waals surface area contributed by atoms with Gasteiger partial charge < -0.3 is 9.88 Å². The summed E-state index contributed by atoms with van der Waals surface area (Å²) in [6, 6.07) is 13.7. The Morgan fingerprint density at radius 1 is 1.17 bits per heavy atom. The van der Waals surface area contributed by atoms with Gasteiger partial charge in [0, 0.05) is 31.2 Å². The van der Waals surface area contributed by atoms with Crippen molar-refractivity contribution < 1.29 is 4.79 Å². The van der Waals surface area contributed by atoms with E-state index in [-0.39, 0.29) is 5.91 Å². The number of benzene rings is 1. The quantitative estimate of drug-likeness (QED) is 0.617. The number of thiophene rings is 1. The van der Waals surface area contributed by atoms with Crippen LogP contribution in [0.1, 0.15) is 10.5 Å². The fourth-order valence-corrected chi connectivity index (χ4v) is 3.50. The Kier molecular flexibility index (Phi) is 3.46. The summed E-state index contributed by atoms with van der Waals surface area (Å²) in [5.41, 5.74) is 3.23. The van der Waals surface area contributed by atoms with E-state index in [2.05, 4.69) is 10.4 Å². The molecule has 0 aliphatic heterocycles. The van der Waals surface area contributed by atoms with Crippen LogP contribution in [0.15, 0.2) is 54.0 Å². The number of hydrogen-bond acceptors (Lipinski definition) is 3. The van der Waals surface area contributed by atoms with Gasteiger partial charge in [-0.1, -0.05) is 12.1 Å². The minimum Gasteiger partial charge on any atom is -0.350 e. The second-order valence-corrected chi connectivity index (χ2v) is 6.58. The number of carbonyl (C=O) groups is 1. The van der Waals surface area contributed by atoms with Crippen LogP contribution in [0.5, 0.6) is 0 Å². The molecule has 120 valence electrons. The van der Waals surface area contributed by atoms with Crippen LogP contribution in [-0.2, 0) is 14.1 Å². The van der Waals surface area contributed by atoms with Crippen molar-refractivity contribution in [2.45, 2.75) is 0 Å². The van der Waals surface area contributed by atoms with Crippen LogP contribution >= 0.6 is 11.3 Å². The number of hydrogen-bond donors (Lipinski definition) is 1. The van der Waals surface area contributed by atoms with E-state index in [0.29, 0.717) is 5.69 Å². The zero-order valence-corrected chi connectivity index (χ0v) is 14.2. The van der Waals surface area contributed by atoms with Gasteiger partial charge in [-0.05, 0) is 35.7 Å². The average Bonchev–Trinajstić information content (AvgIpc) is 3.28. The molecule has 3 heterocycles. The van der Waals surface area contributed by atoms with Gasteiger partial charge in [0.15, 0.2) is 0 Å². The third-order valence-electron chi connectivity index (χ3n) is 4.06. The van der Waals surface area contributed by atoms with E-state index in [1.165, 1.54) is 0 Å². The van der Waals surface area contributed by atoms with Crippen LogP contribution in [0.3, 0.4) is 0 Å². The van der Waals surface area contributed by atoms with E-state index >= 15 is 0 Å². The minimum absolute atomic E-state index is 0.163. The molecule has 1 aromatic carbocycles. The summed E-state index contributed by atoms with van der Waals surface area (Å²) in [6.07, 6.45) is 1.99. The number of rotatable bonds is 3. The molecule has 1 amide bonds. The summed E-state index contributed by atoms with van der Waals surface area (Å²) in [5, 5.41) is 10.5. The second-order valence-electron chi connectivity index (χ2n) is 5.63. The SMILES string of the molecule is Cn1nc(-c2cccs2)cc1C(=O)Nc1cccc2c1ccn2C. The lowest BCUT2D eigenvalue weighted by Gasteiger charge is -2.07. The van der Waals surface area contributed by atoms with Crippen LogP contribution in [-0.4, -0.2) is 20.3 Å². The van der Waals surface area contributed by atoms with Crippen molar-refractivity contribution in [3.8, 4) is 10.6 Å². The van der Waals surface area contributed by atoms with E-state index in [1.807, 2.05) is 65.7 Å². The lowest BCUT2D eigenvalue weighted by atomic mass is 10.2. The zero-order valence-electron chi connectivity index (χ0n) is 13.4. The number of nitrogens with zero attached hydrogens (tertiary/aromatic N) is 3. The predicted octanol–water partition coefficient (Wildman–Crippen LogP) is 3.89. The van der Waals surface area contributed by atoms with Gasteiger partial charge in [-0.25, -0.2) is 0 Å². The van der Waals surface area contributed by atoms with E-state index < -0.39 is 0 Å². The van der Waals surface area contributed by atoms with E-state index in [9.17, 15) is 4.79 Å². The Morgan fingerprint density at radius 3 is 2.83 bits per heavy atom. The number of nitrogens with one attached hydrogen (secondary N) is 1. The molecule has 0 radical (unpaired) electrons. The molecule has 0 bridgehead atoms. The summed E-state index contributed by atoms with van der Waals surface area (Å²) in [4.78, 5) is 13.7. The summed E-state index contributed by atoms with van der Waals surface area (Å²) >= 11 is 1.61. The normalized spacial score (nSPS) is 11.1. The second kappa shape index (κ2) is 5.65. The van der Waals surface area contributed by atoms with Gasteiger partial charge in [0.05, 0.1) is 10.6 Å². The highest BCUT2D eigenvalue weighted by Crippen LogP contribution is 2.26. The van der Waals surface area contributed by atoms with Gasteiger partial charge in [0.1, 0.15) is 11.4 Å². The van der Waals surface area contributed by atoms with Gasteiger partial charge in [0.2, 0.25) is 0 Å². The number of anilines is 1. The fraction of sp³-hybridized carbons (Fsp3) is 0.111.